The van der Waals surface area contributed by atoms with Gasteiger partial charge in [-0.25, -0.2) is 9.59 Å². The van der Waals surface area contributed by atoms with Crippen molar-refractivity contribution in [3.05, 3.63) is 0 Å². The average Bonchev–Trinajstić information content (AvgIpc) is 2.86. The van der Waals surface area contributed by atoms with Gasteiger partial charge in [-0.3, -0.25) is 19.3 Å². The second-order valence-electron chi connectivity index (χ2n) is 5.70. The van der Waals surface area contributed by atoms with Gasteiger partial charge in [-0.05, 0) is 32.2 Å². The van der Waals surface area contributed by atoms with E-state index in [0.29, 0.717) is 23.0 Å². The lowest BCUT2D eigenvalue weighted by molar-refractivity contribution is -0.191. The van der Waals surface area contributed by atoms with Crippen LogP contribution in [0.1, 0.15) is 14.4 Å². The number of carboxylic acids is 3. The third-order valence-electron chi connectivity index (χ3n) is 2.67. The molecule has 0 spiro atoms. The Morgan fingerprint density at radius 2 is 1.28 bits per heavy atom. The topological polar surface area (TPSA) is 379 Å². The minimum atomic E-state index is -1.64. The molecule has 0 radical (unpaired) electrons. The minimum absolute atomic E-state index is 0. The fourth-order valence-corrected chi connectivity index (χ4v) is 1.19. The lowest BCUT2D eigenvalue weighted by Gasteiger charge is -2.08. The van der Waals surface area contributed by atoms with Crippen LogP contribution in [0.4, 0.5) is 9.59 Å². The third-order valence-corrected chi connectivity index (χ3v) is 2.95. The van der Waals surface area contributed by atoms with Crippen molar-refractivity contribution in [2.75, 3.05) is 60.2 Å². The van der Waals surface area contributed by atoms with Crippen LogP contribution in [0.3, 0.4) is 0 Å². The Bertz CT molecular complexity index is 687. The zero-order valence-electron chi connectivity index (χ0n) is 23.4. The summed E-state index contributed by atoms with van der Waals surface area (Å²) < 4.78 is 3.58. The van der Waals surface area contributed by atoms with Crippen molar-refractivity contribution < 1.29 is 75.5 Å². The lowest BCUT2D eigenvalue weighted by Crippen LogP contribution is -2.41. The van der Waals surface area contributed by atoms with Crippen molar-refractivity contribution in [2.45, 2.75) is 20.6 Å². The van der Waals surface area contributed by atoms with E-state index < -0.39 is 36.8 Å². The Kier molecular flexibility index (Phi) is 93.9. The molecule has 4 amide bonds. The van der Waals surface area contributed by atoms with Crippen molar-refractivity contribution >= 4 is 85.2 Å². The number of aliphatic hydroxyl groups excluding tert-OH is 1. The summed E-state index contributed by atoms with van der Waals surface area (Å²) in [4.78, 5) is 68.0. The zero-order valence-corrected chi connectivity index (χ0v) is 28.9. The molecule has 0 bridgehead atoms. The molecule has 21 nitrogen and oxygen atoms in total. The van der Waals surface area contributed by atoms with E-state index in [1.165, 1.54) is 0 Å². The third kappa shape index (κ3) is 120. The molecule has 264 valence electrons. The number of amides is 4. The number of urea groups is 2. The summed E-state index contributed by atoms with van der Waals surface area (Å²) in [6, 6.07) is -0.916. The maximum absolute atomic E-state index is 10.5. The van der Waals surface area contributed by atoms with Gasteiger partial charge in [0.05, 0.1) is 19.6 Å². The SMILES string of the molecule is C.C=II.CCN(C)CC(=O)O.CNC(=O)NC.O.O.O.O=C(O)CNC(=O)NCC(O)O.O=C(O)CNCP.O=C=O. The smallest absolute Gasteiger partial charge is 0.373 e. The number of carbonyl (C=O) groups excluding carboxylic acids is 4. The van der Waals surface area contributed by atoms with Crippen LogP contribution in [0.5, 0.6) is 0 Å². The van der Waals surface area contributed by atoms with Gasteiger partial charge in [0.2, 0.25) is 0 Å². The number of nitrogens with zero attached hydrogens (tertiary/aromatic N) is 1. The van der Waals surface area contributed by atoms with Crippen molar-refractivity contribution in [3.8, 4) is 0 Å². The first kappa shape index (κ1) is 68.1. The van der Waals surface area contributed by atoms with Crippen molar-refractivity contribution in [3.63, 3.8) is 0 Å². The number of aliphatic carboxylic acids is 3. The van der Waals surface area contributed by atoms with Crippen LogP contribution in [0.25, 0.3) is 0 Å². The van der Waals surface area contributed by atoms with E-state index in [1.807, 2.05) is 17.6 Å². The molecule has 0 heterocycles. The predicted octanol–water partition coefficient (Wildman–Crippen LogP) is -3.94. The molecule has 0 aliphatic rings. The molecule has 0 fully saturated rings. The number of likely N-dealkylation sites (N-methyl/N-ethyl adjacent to an activating group) is 1. The van der Waals surface area contributed by atoms with Gasteiger partial charge in [-0.1, -0.05) is 35.6 Å². The summed E-state index contributed by atoms with van der Waals surface area (Å²) in [5.41, 5.74) is 0. The normalized spacial score (nSPS) is 7.49. The second kappa shape index (κ2) is 59.3. The first-order valence-corrected chi connectivity index (χ1v) is 18.7. The van der Waals surface area contributed by atoms with Gasteiger partial charge in [-0.15, -0.1) is 9.24 Å². The van der Waals surface area contributed by atoms with Crippen LogP contribution in [0.2, 0.25) is 0 Å². The quantitative estimate of drug-likeness (QED) is 0.0569. The van der Waals surface area contributed by atoms with Gasteiger partial charge in [0, 0.05) is 20.4 Å². The first-order chi connectivity index (χ1) is 18.1. The summed E-state index contributed by atoms with van der Waals surface area (Å²) in [7, 11) is 7.28. The largest absolute Gasteiger partial charge is 0.480 e. The molecule has 0 aliphatic carbocycles. The molecule has 1 unspecified atom stereocenters. The summed E-state index contributed by atoms with van der Waals surface area (Å²) in [5.74, 6) is -2.76. The van der Waals surface area contributed by atoms with Crippen molar-refractivity contribution in [1.82, 2.24) is 31.5 Å². The first-order valence-electron chi connectivity index (χ1n) is 10.1. The van der Waals surface area contributed by atoms with Gasteiger partial charge < -0.3 is 68.5 Å². The molecule has 0 rings (SSSR count). The van der Waals surface area contributed by atoms with Crippen LogP contribution in [0, 0.1) is 0 Å². The van der Waals surface area contributed by atoms with Crippen LogP contribution in [-0.4, -0.2) is 154 Å². The fourth-order valence-electron chi connectivity index (χ4n) is 1.05. The highest BCUT2D eigenvalue weighted by molar-refractivity contribution is 15.0. The molecular formula is C19H49I2N6O15P. The molecule has 0 aromatic carbocycles. The highest BCUT2D eigenvalue weighted by Gasteiger charge is 2.04. The fraction of sp³-hybridized carbons (Fsp3) is 0.632. The highest BCUT2D eigenvalue weighted by Crippen LogP contribution is 2.00. The van der Waals surface area contributed by atoms with E-state index in [2.05, 4.69) is 48.3 Å². The minimum Gasteiger partial charge on any atom is -0.480 e. The van der Waals surface area contributed by atoms with Crippen molar-refractivity contribution in [2.24, 2.45) is 0 Å². The Labute approximate surface area is 272 Å². The molecular weight excluding hydrogens is 837 g/mol. The number of hydrogen-bond acceptors (Lipinski definition) is 11. The van der Waals surface area contributed by atoms with E-state index in [-0.39, 0.29) is 55.7 Å². The Balaban J connectivity index is -0.0000000395. The molecule has 16 N–H and O–H groups in total. The molecule has 0 aromatic rings. The average molecular weight is 886 g/mol. The molecule has 0 saturated heterocycles. The van der Waals surface area contributed by atoms with Gasteiger partial charge >= 0.3 is 36.1 Å². The van der Waals surface area contributed by atoms with Crippen LogP contribution in [0.15, 0.2) is 0 Å². The van der Waals surface area contributed by atoms with Crippen molar-refractivity contribution in [1.29, 1.82) is 0 Å². The molecule has 43 heavy (non-hydrogen) atoms. The Morgan fingerprint density at radius 1 is 0.907 bits per heavy atom. The lowest BCUT2D eigenvalue weighted by atomic mass is 10.5. The van der Waals surface area contributed by atoms with E-state index in [4.69, 9.17) is 35.1 Å². The molecule has 0 saturated carbocycles. The maximum Gasteiger partial charge on any atom is 0.373 e. The van der Waals surface area contributed by atoms with Gasteiger partial charge in [-0.2, -0.15) is 9.59 Å². The number of carboxylic acid groups (broad SMARTS) is 3. The van der Waals surface area contributed by atoms with E-state index in [0.717, 1.165) is 6.54 Å². The van der Waals surface area contributed by atoms with E-state index >= 15 is 0 Å². The van der Waals surface area contributed by atoms with E-state index in [1.54, 1.807) is 26.0 Å². The number of rotatable bonds is 10. The number of aliphatic hydroxyl groups is 2. The van der Waals surface area contributed by atoms with E-state index in [9.17, 15) is 24.0 Å². The number of carbonyl (C=O) groups is 5. The zero-order chi connectivity index (χ0) is 32.2. The second-order valence-corrected chi connectivity index (χ2v) is 10.6. The Hall–Kier alpha value is -2.19. The van der Waals surface area contributed by atoms with Gasteiger partial charge in [0.15, 0.2) is 6.29 Å². The number of nitrogens with one attached hydrogen (secondary N) is 5. The van der Waals surface area contributed by atoms with Crippen LogP contribution >= 0.6 is 44.6 Å². The van der Waals surface area contributed by atoms with Gasteiger partial charge in [0.25, 0.3) is 0 Å². The number of halogens is 2. The van der Waals surface area contributed by atoms with Gasteiger partial charge in [0.1, 0.15) is 6.54 Å². The predicted molar refractivity (Wildman–Crippen MR) is 180 cm³/mol. The maximum atomic E-state index is 10.5. The molecule has 24 heteroatoms. The highest BCUT2D eigenvalue weighted by atomic mass is 128. The summed E-state index contributed by atoms with van der Waals surface area (Å²) in [6.45, 7) is 2.04. The van der Waals surface area contributed by atoms with Crippen LogP contribution < -0.4 is 26.6 Å². The summed E-state index contributed by atoms with van der Waals surface area (Å²) >= 11 is 2.60. The molecule has 0 aromatic heterocycles. The molecule has 1 atom stereocenters. The standard InChI is InChI=1S/C5H10N2O5.C5H11NO2.C3H8N2O.C3H8NO2P.CH2I2.CO2.CH4.3H2O/c8-3(9)1-6-5(12)7-2-4(10)11;1-3-6(2)4-5(7)8;1-4-3(6)5-2;5-3(6)1-4-2-7;1-3-2;2-1-3;;;;/h3,8-9H,1-2H2,(H,10,11)(H2,6,7,12);3-4H2,1-2H3,(H,7,8);1-2H3,(H2,4,5,6);4H,1-2,7H2,(H,5,6);1H2;;1H4;3*1H2. The summed E-state index contributed by atoms with van der Waals surface area (Å²) in [5, 5.41) is 52.1. The number of hydrogen-bond donors (Lipinski definition) is 10. The monoisotopic (exact) mass is 886 g/mol. The molecule has 0 aliphatic heterocycles. The summed E-state index contributed by atoms with van der Waals surface area (Å²) in [6.07, 6.45) is -0.757. The Morgan fingerprint density at radius 3 is 1.44 bits per heavy atom. The van der Waals surface area contributed by atoms with Crippen LogP contribution in [-0.2, 0) is 24.0 Å².